The molecule has 0 amide bonds. The number of nitriles is 1. The standard InChI is InChI=1S/C26H24F3N7O/c1-2-37-23-4-3-17(13-19(23)26(27,28)29)20-14-21-25(22(15-30)32-20)34-24(33-21)16-35-9-11-36(12-10-35)18-5-7-31-8-6-18/h3-8,13-14H,2,9-12,16H2,1H3,(H,33,34). The van der Waals surface area contributed by atoms with Crippen LogP contribution in [0.5, 0.6) is 5.75 Å². The van der Waals surface area contributed by atoms with E-state index in [1.165, 1.54) is 12.1 Å². The van der Waals surface area contributed by atoms with Crippen LogP contribution in [0.1, 0.15) is 24.0 Å². The second kappa shape index (κ2) is 10.1. The number of anilines is 1. The first-order chi connectivity index (χ1) is 17.9. The number of alkyl halides is 3. The van der Waals surface area contributed by atoms with Gasteiger partial charge in [-0.1, -0.05) is 0 Å². The van der Waals surface area contributed by atoms with E-state index >= 15 is 0 Å². The summed E-state index contributed by atoms with van der Waals surface area (Å²) in [5.74, 6) is 0.429. The number of aromatic nitrogens is 4. The molecule has 0 radical (unpaired) electrons. The summed E-state index contributed by atoms with van der Waals surface area (Å²) in [6, 6.07) is 11.4. The topological polar surface area (TPSA) is 94.0 Å². The maximum atomic E-state index is 13.6. The number of pyridine rings is 2. The van der Waals surface area contributed by atoms with Crippen LogP contribution in [-0.2, 0) is 12.7 Å². The third-order valence-electron chi connectivity index (χ3n) is 6.28. The average Bonchev–Trinajstić information content (AvgIpc) is 3.31. The predicted octanol–water partition coefficient (Wildman–Crippen LogP) is 4.63. The summed E-state index contributed by atoms with van der Waals surface area (Å²) >= 11 is 0. The van der Waals surface area contributed by atoms with Gasteiger partial charge in [-0.3, -0.25) is 9.88 Å². The van der Waals surface area contributed by atoms with Gasteiger partial charge in [-0.05, 0) is 43.3 Å². The zero-order valence-corrected chi connectivity index (χ0v) is 20.1. The molecule has 190 valence electrons. The highest BCUT2D eigenvalue weighted by molar-refractivity contribution is 5.84. The molecule has 4 aromatic rings. The van der Waals surface area contributed by atoms with Crippen LogP contribution >= 0.6 is 0 Å². The Balaban J connectivity index is 1.38. The van der Waals surface area contributed by atoms with Crippen molar-refractivity contribution < 1.29 is 17.9 Å². The maximum Gasteiger partial charge on any atom is 0.419 e. The first-order valence-corrected chi connectivity index (χ1v) is 11.9. The van der Waals surface area contributed by atoms with Crippen LogP contribution in [0, 0.1) is 11.3 Å². The largest absolute Gasteiger partial charge is 0.493 e. The van der Waals surface area contributed by atoms with Crippen LogP contribution < -0.4 is 9.64 Å². The molecule has 0 unspecified atom stereocenters. The number of fused-ring (bicyclic) bond motifs is 1. The molecule has 8 nitrogen and oxygen atoms in total. The number of aromatic amines is 1. The van der Waals surface area contributed by atoms with Gasteiger partial charge in [-0.15, -0.1) is 0 Å². The number of nitrogens with zero attached hydrogens (tertiary/aromatic N) is 6. The zero-order chi connectivity index (χ0) is 26.0. The fraction of sp³-hybridized carbons (Fsp3) is 0.308. The van der Waals surface area contributed by atoms with Crippen molar-refractivity contribution in [1.29, 1.82) is 5.26 Å². The normalized spacial score (nSPS) is 14.6. The van der Waals surface area contributed by atoms with Gasteiger partial charge in [0.15, 0.2) is 5.69 Å². The molecule has 1 saturated heterocycles. The number of benzene rings is 1. The van der Waals surface area contributed by atoms with Crippen LogP contribution in [0.2, 0.25) is 0 Å². The molecule has 4 heterocycles. The predicted molar refractivity (Wildman–Crippen MR) is 132 cm³/mol. The molecule has 0 bridgehead atoms. The highest BCUT2D eigenvalue weighted by atomic mass is 19.4. The van der Waals surface area contributed by atoms with Crippen molar-refractivity contribution in [2.75, 3.05) is 37.7 Å². The first kappa shape index (κ1) is 24.5. The second-order valence-corrected chi connectivity index (χ2v) is 8.66. The van der Waals surface area contributed by atoms with Gasteiger partial charge in [0.1, 0.15) is 23.2 Å². The molecule has 1 fully saturated rings. The molecule has 37 heavy (non-hydrogen) atoms. The van der Waals surface area contributed by atoms with Gasteiger partial charge < -0.3 is 14.6 Å². The minimum Gasteiger partial charge on any atom is -0.493 e. The number of nitrogens with one attached hydrogen (secondary N) is 1. The van der Waals surface area contributed by atoms with E-state index in [2.05, 4.69) is 29.7 Å². The Morgan fingerprint density at radius 1 is 1.05 bits per heavy atom. The fourth-order valence-electron chi connectivity index (χ4n) is 4.49. The fourth-order valence-corrected chi connectivity index (χ4v) is 4.49. The lowest BCUT2D eigenvalue weighted by atomic mass is 10.1. The van der Waals surface area contributed by atoms with Crippen LogP contribution in [0.3, 0.4) is 0 Å². The quantitative estimate of drug-likeness (QED) is 0.407. The van der Waals surface area contributed by atoms with Crippen molar-refractivity contribution in [3.05, 3.63) is 65.9 Å². The summed E-state index contributed by atoms with van der Waals surface area (Å²) < 4.78 is 46.1. The molecule has 0 spiro atoms. The lowest BCUT2D eigenvalue weighted by Crippen LogP contribution is -2.46. The van der Waals surface area contributed by atoms with Crippen molar-refractivity contribution >= 4 is 16.7 Å². The van der Waals surface area contributed by atoms with Gasteiger partial charge in [-0.25, -0.2) is 9.97 Å². The van der Waals surface area contributed by atoms with E-state index in [0.29, 0.717) is 23.4 Å². The number of hydrogen-bond acceptors (Lipinski definition) is 7. The van der Waals surface area contributed by atoms with Gasteiger partial charge in [0.25, 0.3) is 0 Å². The summed E-state index contributed by atoms with van der Waals surface area (Å²) in [6.07, 6.45) is -1.03. The first-order valence-electron chi connectivity index (χ1n) is 11.9. The van der Waals surface area contributed by atoms with E-state index in [1.807, 2.05) is 18.2 Å². The molecular weight excluding hydrogens is 483 g/mol. The highest BCUT2D eigenvalue weighted by Crippen LogP contribution is 2.39. The minimum atomic E-state index is -4.59. The van der Waals surface area contributed by atoms with Gasteiger partial charge in [0.2, 0.25) is 0 Å². The molecule has 0 atom stereocenters. The SMILES string of the molecule is CCOc1ccc(-c2cc3[nH]c(CN4CCN(c5ccncc5)CC4)nc3c(C#N)n2)cc1C(F)(F)F. The van der Waals surface area contributed by atoms with Gasteiger partial charge in [0, 0.05) is 49.8 Å². The van der Waals surface area contributed by atoms with E-state index in [9.17, 15) is 18.4 Å². The lowest BCUT2D eigenvalue weighted by Gasteiger charge is -2.35. The number of ether oxygens (including phenoxy) is 1. The molecule has 1 N–H and O–H groups in total. The second-order valence-electron chi connectivity index (χ2n) is 8.66. The van der Waals surface area contributed by atoms with Gasteiger partial charge >= 0.3 is 6.18 Å². The minimum absolute atomic E-state index is 0.0555. The Labute approximate surface area is 211 Å². The van der Waals surface area contributed by atoms with Gasteiger partial charge in [0.05, 0.1) is 29.9 Å². The third kappa shape index (κ3) is 5.20. The molecule has 3 aromatic heterocycles. The highest BCUT2D eigenvalue weighted by Gasteiger charge is 2.35. The summed E-state index contributed by atoms with van der Waals surface area (Å²) in [6.45, 7) is 5.68. The summed E-state index contributed by atoms with van der Waals surface area (Å²) in [5.41, 5.74) is 1.74. The number of hydrogen-bond donors (Lipinski definition) is 1. The molecule has 5 rings (SSSR count). The summed E-state index contributed by atoms with van der Waals surface area (Å²) in [7, 11) is 0. The molecule has 1 aliphatic heterocycles. The van der Waals surface area contributed by atoms with E-state index in [0.717, 1.165) is 37.9 Å². The smallest absolute Gasteiger partial charge is 0.419 e. The van der Waals surface area contributed by atoms with Crippen molar-refractivity contribution in [1.82, 2.24) is 24.8 Å². The Bertz CT molecular complexity index is 1440. The van der Waals surface area contributed by atoms with Crippen LogP contribution in [0.4, 0.5) is 18.9 Å². The molecule has 0 saturated carbocycles. The monoisotopic (exact) mass is 507 g/mol. The van der Waals surface area contributed by atoms with Crippen LogP contribution in [0.15, 0.2) is 48.8 Å². The number of imidazole rings is 1. The number of H-pyrrole nitrogens is 1. The summed E-state index contributed by atoms with van der Waals surface area (Å²) in [4.78, 5) is 20.8. The van der Waals surface area contributed by atoms with E-state index < -0.39 is 11.7 Å². The maximum absolute atomic E-state index is 13.6. The molecule has 1 aliphatic rings. The molecule has 0 aliphatic carbocycles. The van der Waals surface area contributed by atoms with Gasteiger partial charge in [-0.2, -0.15) is 18.4 Å². The van der Waals surface area contributed by atoms with Crippen LogP contribution in [-0.4, -0.2) is 57.6 Å². The zero-order valence-electron chi connectivity index (χ0n) is 20.1. The van der Waals surface area contributed by atoms with E-state index in [4.69, 9.17) is 4.74 Å². The Kier molecular flexibility index (Phi) is 6.67. The molecular formula is C26H24F3N7O. The Hall–Kier alpha value is -4.17. The van der Waals surface area contributed by atoms with E-state index in [-0.39, 0.29) is 29.3 Å². The number of piperazine rings is 1. The molecule has 1 aromatic carbocycles. The lowest BCUT2D eigenvalue weighted by molar-refractivity contribution is -0.138. The van der Waals surface area contributed by atoms with Crippen molar-refractivity contribution in [3.63, 3.8) is 0 Å². The number of rotatable bonds is 6. The van der Waals surface area contributed by atoms with Crippen molar-refractivity contribution in [2.45, 2.75) is 19.6 Å². The number of halogens is 3. The van der Waals surface area contributed by atoms with Crippen molar-refractivity contribution in [3.8, 4) is 23.1 Å². The van der Waals surface area contributed by atoms with E-state index in [1.54, 1.807) is 25.4 Å². The van der Waals surface area contributed by atoms with Crippen molar-refractivity contribution in [2.24, 2.45) is 0 Å². The third-order valence-corrected chi connectivity index (χ3v) is 6.28. The van der Waals surface area contributed by atoms with Crippen LogP contribution in [0.25, 0.3) is 22.3 Å². The Morgan fingerprint density at radius 3 is 2.49 bits per heavy atom. The summed E-state index contributed by atoms with van der Waals surface area (Å²) in [5, 5.41) is 9.69. The average molecular weight is 508 g/mol. The Morgan fingerprint density at radius 2 is 1.81 bits per heavy atom. The molecule has 11 heteroatoms.